The standard InChI is InChI=1S/C86H84N4O18/c1-15-17-63(81(95)87(35-39-101-83(97)47(3)4)36-40-102-84(98)48(5)6)89-77(91)59-43-65(105-55-27-19-51(11)20-28-55)71-73-67(107-57-31-23-53(13)24-32-57)45-61-70-62(80(94)90(79(61)93)64(18-16-2)82(96)88(37-41-103-85(99)49(7)8)38-42-104-86(100)50(9)10)46-68(108-58-33-25-54(14)26-34-58)74(76(70)73)72-66(106-56-29-21-52(12)22-30-56)44-60(78(89)92)69(59)75(71)72/h19-34,43-46,63-64H,3,5,7,9,15-18,35-42H2,1-2,4,6,8,10-14H3. The Labute approximate surface area is 624 Å². The van der Waals surface area contributed by atoms with Crippen LogP contribution in [-0.2, 0) is 47.7 Å². The first kappa shape index (κ1) is 76.7. The summed E-state index contributed by atoms with van der Waals surface area (Å²) in [6.45, 7) is 29.3. The molecule has 9 aromatic carbocycles. The summed E-state index contributed by atoms with van der Waals surface area (Å²) in [6, 6.07) is 31.4. The second-order valence-electron chi connectivity index (χ2n) is 27.2. The van der Waals surface area contributed by atoms with Crippen LogP contribution in [0.1, 0.15) is 131 Å². The van der Waals surface area contributed by atoms with Crippen molar-refractivity contribution in [3.63, 3.8) is 0 Å². The number of nitrogens with zero attached hydrogens (tertiary/aromatic N) is 4. The average Bonchev–Trinajstić information content (AvgIpc) is 0.671. The number of amides is 6. The van der Waals surface area contributed by atoms with Gasteiger partial charge < -0.3 is 47.7 Å². The van der Waals surface area contributed by atoms with Gasteiger partial charge in [-0.3, -0.25) is 38.6 Å². The fraction of sp³-hybridized carbons (Fsp3) is 0.279. The quantitative estimate of drug-likeness (QED) is 0.00947. The molecule has 0 aromatic heterocycles. The molecule has 22 heteroatoms. The van der Waals surface area contributed by atoms with Gasteiger partial charge in [-0.2, -0.15) is 0 Å². The van der Waals surface area contributed by atoms with Crippen molar-refractivity contribution in [1.29, 1.82) is 0 Å². The van der Waals surface area contributed by atoms with Crippen molar-refractivity contribution >= 4 is 102 Å². The topological polar surface area (TPSA) is 258 Å². The van der Waals surface area contributed by atoms with Crippen LogP contribution in [0.5, 0.6) is 46.0 Å². The molecular formula is C86H84N4O18. The normalized spacial score (nSPS) is 12.9. The maximum atomic E-state index is 16.4. The predicted molar refractivity (Wildman–Crippen MR) is 407 cm³/mol. The van der Waals surface area contributed by atoms with Gasteiger partial charge in [0.1, 0.15) is 84.5 Å². The van der Waals surface area contributed by atoms with E-state index < -0.39 is 71.4 Å². The molecule has 108 heavy (non-hydrogen) atoms. The predicted octanol–water partition coefficient (Wildman–Crippen LogP) is 15.8. The van der Waals surface area contributed by atoms with E-state index in [9.17, 15) is 19.2 Å². The van der Waals surface area contributed by atoms with Crippen molar-refractivity contribution in [2.75, 3.05) is 52.6 Å². The lowest BCUT2D eigenvalue weighted by atomic mass is 9.80. The van der Waals surface area contributed by atoms with Crippen LogP contribution in [-0.4, -0.2) is 144 Å². The Morgan fingerprint density at radius 3 is 0.750 bits per heavy atom. The summed E-state index contributed by atoms with van der Waals surface area (Å²) in [7, 11) is 0. The number of imide groups is 2. The van der Waals surface area contributed by atoms with Crippen LogP contribution in [0.4, 0.5) is 0 Å². The number of benzene rings is 9. The van der Waals surface area contributed by atoms with Crippen LogP contribution in [0.15, 0.2) is 170 Å². The molecule has 0 saturated carbocycles. The van der Waals surface area contributed by atoms with Crippen LogP contribution >= 0.6 is 0 Å². The molecule has 9 aromatic rings. The van der Waals surface area contributed by atoms with Crippen LogP contribution in [0.25, 0.3) is 43.1 Å². The fourth-order valence-corrected chi connectivity index (χ4v) is 13.2. The smallest absolute Gasteiger partial charge is 0.333 e. The maximum Gasteiger partial charge on any atom is 0.333 e. The van der Waals surface area contributed by atoms with Crippen molar-refractivity contribution in [2.45, 2.75) is 107 Å². The molecule has 2 unspecified atom stereocenters. The third-order valence-corrected chi connectivity index (χ3v) is 18.7. The lowest BCUT2D eigenvalue weighted by Gasteiger charge is -2.37. The number of hydrogen-bond acceptors (Lipinski definition) is 18. The Morgan fingerprint density at radius 1 is 0.343 bits per heavy atom. The Bertz CT molecular complexity index is 4580. The zero-order chi connectivity index (χ0) is 77.7. The van der Waals surface area contributed by atoms with Crippen molar-refractivity contribution in [2.24, 2.45) is 0 Å². The van der Waals surface area contributed by atoms with Gasteiger partial charge in [-0.1, -0.05) is 124 Å². The molecule has 0 fully saturated rings. The molecule has 0 radical (unpaired) electrons. The van der Waals surface area contributed by atoms with Crippen molar-refractivity contribution in [3.05, 3.63) is 214 Å². The summed E-state index contributed by atoms with van der Waals surface area (Å²) in [5.74, 6) is -6.90. The van der Waals surface area contributed by atoms with Crippen LogP contribution in [0.2, 0.25) is 0 Å². The largest absolute Gasteiger partial charge is 0.460 e. The van der Waals surface area contributed by atoms with E-state index in [2.05, 4.69) is 26.3 Å². The average molecular weight is 1460 g/mol. The number of fused-ring (bicyclic) bond motifs is 2. The van der Waals surface area contributed by atoms with E-state index in [-0.39, 0.29) is 212 Å². The third-order valence-electron chi connectivity index (χ3n) is 18.7. The lowest BCUT2D eigenvalue weighted by molar-refractivity contribution is -0.145. The number of carbonyl (C=O) groups is 10. The molecule has 2 atom stereocenters. The Balaban J connectivity index is 1.24. The SMILES string of the molecule is C=C(C)C(=O)OCCN(CCOC(=O)C(=C)C)C(=O)C(CCC)N1C(=O)c2cc(Oc3ccc(C)cc3)c3c4c(Oc5ccc(C)cc5)cc5c6c(cc(Oc7ccc(C)cc7)c(c7c(Oc8ccc(C)cc8)cc(c2c37)C1=O)c64)C(=O)N(C(CCC)C(=O)N(CCOC(=O)C(=C)C)CCOC(=O)C(=C)C)C5=O. The van der Waals surface area contributed by atoms with Gasteiger partial charge in [-0.15, -0.1) is 0 Å². The molecule has 0 bridgehead atoms. The molecule has 0 spiro atoms. The van der Waals surface area contributed by atoms with E-state index in [0.717, 1.165) is 32.1 Å². The Kier molecular flexibility index (Phi) is 23.1. The zero-order valence-corrected chi connectivity index (χ0v) is 62.2. The molecule has 2 aliphatic rings. The first-order valence-corrected chi connectivity index (χ1v) is 35.6. The summed E-state index contributed by atoms with van der Waals surface area (Å²) in [5.41, 5.74) is 3.54. The highest BCUT2D eigenvalue weighted by Gasteiger charge is 2.47. The second kappa shape index (κ2) is 32.5. The molecule has 0 saturated heterocycles. The van der Waals surface area contributed by atoms with E-state index in [1.165, 1.54) is 61.8 Å². The summed E-state index contributed by atoms with van der Waals surface area (Å²) >= 11 is 0. The molecule has 6 amide bonds. The van der Waals surface area contributed by atoms with Gasteiger partial charge in [0, 0.05) is 65.4 Å². The zero-order valence-electron chi connectivity index (χ0n) is 62.2. The molecule has 2 aliphatic heterocycles. The van der Waals surface area contributed by atoms with Gasteiger partial charge in [-0.25, -0.2) is 19.2 Å². The molecule has 0 N–H and O–H groups in total. The van der Waals surface area contributed by atoms with Crippen molar-refractivity contribution in [3.8, 4) is 46.0 Å². The highest BCUT2D eigenvalue weighted by atomic mass is 16.5. The van der Waals surface area contributed by atoms with Gasteiger partial charge >= 0.3 is 23.9 Å². The summed E-state index contributed by atoms with van der Waals surface area (Å²) in [4.78, 5) is 152. The van der Waals surface area contributed by atoms with Gasteiger partial charge in [0.15, 0.2) is 0 Å². The molecular weight excluding hydrogens is 1380 g/mol. The second-order valence-corrected chi connectivity index (χ2v) is 27.2. The minimum Gasteiger partial charge on any atom is -0.460 e. The molecule has 556 valence electrons. The first-order valence-electron chi connectivity index (χ1n) is 35.6. The van der Waals surface area contributed by atoms with Gasteiger partial charge in [-0.05, 0) is 141 Å². The summed E-state index contributed by atoms with van der Waals surface area (Å²) in [6.07, 6.45) is 0.383. The lowest BCUT2D eigenvalue weighted by Crippen LogP contribution is -2.55. The highest BCUT2D eigenvalue weighted by Crippen LogP contribution is 2.58. The van der Waals surface area contributed by atoms with Crippen LogP contribution < -0.4 is 18.9 Å². The van der Waals surface area contributed by atoms with E-state index in [4.69, 9.17) is 37.9 Å². The fourth-order valence-electron chi connectivity index (χ4n) is 13.2. The molecule has 2 heterocycles. The number of esters is 4. The van der Waals surface area contributed by atoms with E-state index in [1.54, 1.807) is 62.4 Å². The molecule has 11 rings (SSSR count). The van der Waals surface area contributed by atoms with Crippen LogP contribution in [0, 0.1) is 27.7 Å². The number of ether oxygens (including phenoxy) is 8. The summed E-state index contributed by atoms with van der Waals surface area (Å²) in [5, 5.41) is 1.37. The third kappa shape index (κ3) is 15.7. The Hall–Kier alpha value is -12.5. The first-order chi connectivity index (χ1) is 51.6. The number of hydrogen-bond donors (Lipinski definition) is 0. The van der Waals surface area contributed by atoms with Crippen molar-refractivity contribution in [1.82, 2.24) is 19.6 Å². The van der Waals surface area contributed by atoms with E-state index >= 15 is 28.8 Å². The van der Waals surface area contributed by atoms with Gasteiger partial charge in [0.05, 0.1) is 48.4 Å². The van der Waals surface area contributed by atoms with E-state index in [0.29, 0.717) is 0 Å². The molecule has 22 nitrogen and oxygen atoms in total. The van der Waals surface area contributed by atoms with Gasteiger partial charge in [0.25, 0.3) is 23.6 Å². The maximum absolute atomic E-state index is 16.4. The van der Waals surface area contributed by atoms with Crippen LogP contribution in [0.3, 0.4) is 0 Å². The number of rotatable bonds is 32. The van der Waals surface area contributed by atoms with Crippen molar-refractivity contribution < 1.29 is 85.8 Å². The number of carbonyl (C=O) groups excluding carboxylic acids is 10. The minimum absolute atomic E-state index is 0.00454. The summed E-state index contributed by atoms with van der Waals surface area (Å²) < 4.78 is 50.6. The molecule has 0 aliphatic carbocycles. The number of aryl methyl sites for hydroxylation is 4. The Morgan fingerprint density at radius 2 is 0.556 bits per heavy atom. The minimum atomic E-state index is -1.54. The monoisotopic (exact) mass is 1460 g/mol. The van der Waals surface area contributed by atoms with E-state index in [1.807, 2.05) is 76.2 Å². The highest BCUT2D eigenvalue weighted by molar-refractivity contribution is 6.45. The van der Waals surface area contributed by atoms with Gasteiger partial charge in [0.2, 0.25) is 11.8 Å².